The lowest BCUT2D eigenvalue weighted by molar-refractivity contribution is -0.116. The van der Waals surface area contributed by atoms with E-state index >= 15 is 0 Å². The number of rotatable bonds is 7. The lowest BCUT2D eigenvalue weighted by Crippen LogP contribution is -2.25. The van der Waals surface area contributed by atoms with Crippen molar-refractivity contribution < 1.29 is 14.3 Å². The van der Waals surface area contributed by atoms with E-state index in [4.69, 9.17) is 14.6 Å². The SMILES string of the molecule is C=CCc1cc([C@H]2CC(=O)Nc3c2c(C2CC2)nn3C)cc(OCC)c1OC. The molecule has 2 aliphatic rings. The molecular weight excluding hydrogens is 354 g/mol. The lowest BCUT2D eigenvalue weighted by atomic mass is 9.83. The molecule has 1 aliphatic carbocycles. The number of hydrogen-bond acceptors (Lipinski definition) is 4. The van der Waals surface area contributed by atoms with Crippen LogP contribution in [0.5, 0.6) is 11.5 Å². The number of methoxy groups -OCH3 is 1. The number of aryl methyl sites for hydroxylation is 1. The third-order valence-electron chi connectivity index (χ3n) is 5.50. The topological polar surface area (TPSA) is 65.4 Å². The van der Waals surface area contributed by atoms with Gasteiger partial charge in [0, 0.05) is 36.4 Å². The van der Waals surface area contributed by atoms with Crippen LogP contribution in [0.1, 0.15) is 60.4 Å². The van der Waals surface area contributed by atoms with Gasteiger partial charge in [0.2, 0.25) is 5.91 Å². The van der Waals surface area contributed by atoms with Crippen molar-refractivity contribution in [2.24, 2.45) is 7.05 Å². The van der Waals surface area contributed by atoms with Gasteiger partial charge in [-0.05, 0) is 37.8 Å². The summed E-state index contributed by atoms with van der Waals surface area (Å²) in [6.45, 7) is 6.37. The van der Waals surface area contributed by atoms with Gasteiger partial charge in [0.05, 0.1) is 19.4 Å². The van der Waals surface area contributed by atoms with E-state index in [0.717, 1.165) is 34.0 Å². The predicted molar refractivity (Wildman–Crippen MR) is 108 cm³/mol. The molecule has 1 saturated carbocycles. The van der Waals surface area contributed by atoms with E-state index in [2.05, 4.69) is 18.0 Å². The number of nitrogens with one attached hydrogen (secondary N) is 1. The molecule has 0 radical (unpaired) electrons. The fourth-order valence-corrected chi connectivity index (χ4v) is 4.15. The third kappa shape index (κ3) is 3.17. The standard InChI is InChI=1S/C22H27N3O3/c1-5-7-14-10-15(11-17(28-6-2)21(14)27-4)16-12-18(26)23-22-19(16)20(13-8-9-13)24-25(22)3/h5,10-11,13,16H,1,6-9,12H2,2-4H3,(H,23,26)/t16-/m1/s1. The molecule has 1 aromatic carbocycles. The maximum atomic E-state index is 12.5. The number of nitrogens with zero attached hydrogens (tertiary/aromatic N) is 2. The molecule has 0 bridgehead atoms. The quantitative estimate of drug-likeness (QED) is 0.739. The van der Waals surface area contributed by atoms with Gasteiger partial charge in [0.15, 0.2) is 11.5 Å². The van der Waals surface area contributed by atoms with Crippen LogP contribution in [0.3, 0.4) is 0 Å². The van der Waals surface area contributed by atoms with Crippen LogP contribution in [0.4, 0.5) is 5.82 Å². The molecule has 1 N–H and O–H groups in total. The summed E-state index contributed by atoms with van der Waals surface area (Å²) in [5.74, 6) is 2.75. The minimum absolute atomic E-state index is 0.0156. The minimum atomic E-state index is -0.0401. The number of benzene rings is 1. The molecule has 4 rings (SSSR count). The van der Waals surface area contributed by atoms with Crippen LogP contribution in [0.2, 0.25) is 0 Å². The normalized spacial score (nSPS) is 18.4. The molecule has 0 saturated heterocycles. The molecule has 0 unspecified atom stereocenters. The summed E-state index contributed by atoms with van der Waals surface area (Å²) >= 11 is 0. The highest BCUT2D eigenvalue weighted by Crippen LogP contribution is 2.49. The first-order valence-corrected chi connectivity index (χ1v) is 9.88. The summed E-state index contributed by atoms with van der Waals surface area (Å²) in [7, 11) is 3.55. The van der Waals surface area contributed by atoms with Gasteiger partial charge in [-0.2, -0.15) is 5.10 Å². The Hall–Kier alpha value is -2.76. The maximum absolute atomic E-state index is 12.5. The smallest absolute Gasteiger partial charge is 0.226 e. The van der Waals surface area contributed by atoms with Gasteiger partial charge in [-0.1, -0.05) is 12.1 Å². The van der Waals surface area contributed by atoms with Crippen molar-refractivity contribution in [2.45, 2.75) is 44.4 Å². The zero-order valence-corrected chi connectivity index (χ0v) is 16.7. The van der Waals surface area contributed by atoms with Crippen molar-refractivity contribution in [3.05, 3.63) is 47.2 Å². The van der Waals surface area contributed by atoms with E-state index in [1.165, 1.54) is 12.8 Å². The highest BCUT2D eigenvalue weighted by molar-refractivity contribution is 5.94. The predicted octanol–water partition coefficient (Wildman–Crippen LogP) is 3.91. The minimum Gasteiger partial charge on any atom is -0.493 e. The molecular formula is C22H27N3O3. The van der Waals surface area contributed by atoms with Crippen molar-refractivity contribution >= 4 is 11.7 Å². The summed E-state index contributed by atoms with van der Waals surface area (Å²) in [5.41, 5.74) is 4.36. The average molecular weight is 381 g/mol. The van der Waals surface area contributed by atoms with Crippen molar-refractivity contribution in [1.82, 2.24) is 9.78 Å². The Kier molecular flexibility index (Phi) is 4.87. The molecule has 148 valence electrons. The Labute approximate surface area is 165 Å². The van der Waals surface area contributed by atoms with E-state index in [1.54, 1.807) is 7.11 Å². The molecule has 1 aromatic heterocycles. The summed E-state index contributed by atoms with van der Waals surface area (Å²) in [6.07, 6.45) is 5.27. The van der Waals surface area contributed by atoms with E-state index in [9.17, 15) is 4.79 Å². The maximum Gasteiger partial charge on any atom is 0.226 e. The van der Waals surface area contributed by atoms with Crippen molar-refractivity contribution in [2.75, 3.05) is 19.0 Å². The molecule has 0 spiro atoms. The third-order valence-corrected chi connectivity index (χ3v) is 5.50. The number of fused-ring (bicyclic) bond motifs is 1. The molecule has 2 heterocycles. The Morgan fingerprint density at radius 1 is 1.39 bits per heavy atom. The van der Waals surface area contributed by atoms with Gasteiger partial charge in [-0.25, -0.2) is 0 Å². The second-order valence-electron chi connectivity index (χ2n) is 7.49. The number of amides is 1. The number of aromatic nitrogens is 2. The van der Waals surface area contributed by atoms with Crippen molar-refractivity contribution in [1.29, 1.82) is 0 Å². The first-order chi connectivity index (χ1) is 13.6. The molecule has 1 atom stereocenters. The highest BCUT2D eigenvalue weighted by Gasteiger charge is 2.38. The van der Waals surface area contributed by atoms with Crippen molar-refractivity contribution in [3.8, 4) is 11.5 Å². The van der Waals surface area contributed by atoms with Crippen LogP contribution >= 0.6 is 0 Å². The van der Waals surface area contributed by atoms with Gasteiger partial charge in [0.1, 0.15) is 5.82 Å². The van der Waals surface area contributed by atoms with Gasteiger partial charge in [-0.15, -0.1) is 6.58 Å². The average Bonchev–Trinajstić information content (AvgIpc) is 3.46. The number of carbonyl (C=O) groups is 1. The largest absolute Gasteiger partial charge is 0.493 e. The summed E-state index contributed by atoms with van der Waals surface area (Å²) in [5, 5.41) is 7.77. The Morgan fingerprint density at radius 3 is 2.82 bits per heavy atom. The number of ether oxygens (including phenoxy) is 2. The molecule has 1 aliphatic heterocycles. The lowest BCUT2D eigenvalue weighted by Gasteiger charge is -2.26. The van der Waals surface area contributed by atoms with Gasteiger partial charge >= 0.3 is 0 Å². The molecule has 1 fully saturated rings. The number of hydrogen-bond donors (Lipinski definition) is 1. The summed E-state index contributed by atoms with van der Waals surface area (Å²) < 4.78 is 13.3. The van der Waals surface area contributed by atoms with E-state index in [-0.39, 0.29) is 11.8 Å². The summed E-state index contributed by atoms with van der Waals surface area (Å²) in [6, 6.07) is 4.14. The highest BCUT2D eigenvalue weighted by atomic mass is 16.5. The van der Waals surface area contributed by atoms with Crippen LogP contribution in [-0.4, -0.2) is 29.4 Å². The Bertz CT molecular complexity index is 928. The van der Waals surface area contributed by atoms with Crippen LogP contribution in [0, 0.1) is 0 Å². The van der Waals surface area contributed by atoms with Crippen LogP contribution in [0.25, 0.3) is 0 Å². The van der Waals surface area contributed by atoms with Gasteiger partial charge < -0.3 is 14.8 Å². The van der Waals surface area contributed by atoms with Gasteiger partial charge in [0.25, 0.3) is 0 Å². The molecule has 1 amide bonds. The fourth-order valence-electron chi connectivity index (χ4n) is 4.15. The first-order valence-electron chi connectivity index (χ1n) is 9.88. The molecule has 6 heteroatoms. The van der Waals surface area contributed by atoms with E-state index < -0.39 is 0 Å². The number of anilines is 1. The zero-order valence-electron chi connectivity index (χ0n) is 16.7. The monoisotopic (exact) mass is 381 g/mol. The van der Waals surface area contributed by atoms with Gasteiger partial charge in [-0.3, -0.25) is 9.48 Å². The van der Waals surface area contributed by atoms with Crippen LogP contribution in [-0.2, 0) is 18.3 Å². The molecule has 6 nitrogen and oxygen atoms in total. The van der Waals surface area contributed by atoms with Crippen molar-refractivity contribution in [3.63, 3.8) is 0 Å². The van der Waals surface area contributed by atoms with Crippen LogP contribution in [0.15, 0.2) is 24.8 Å². The fraction of sp³-hybridized carbons (Fsp3) is 0.455. The number of carbonyl (C=O) groups excluding carboxylic acids is 1. The Morgan fingerprint density at radius 2 is 2.18 bits per heavy atom. The number of allylic oxidation sites excluding steroid dienone is 1. The second-order valence-corrected chi connectivity index (χ2v) is 7.49. The van der Waals surface area contributed by atoms with E-state index in [0.29, 0.717) is 31.1 Å². The second kappa shape index (κ2) is 7.34. The summed E-state index contributed by atoms with van der Waals surface area (Å²) in [4.78, 5) is 12.5. The van der Waals surface area contributed by atoms with Crippen LogP contribution < -0.4 is 14.8 Å². The zero-order chi connectivity index (χ0) is 19.8. The van der Waals surface area contributed by atoms with E-state index in [1.807, 2.05) is 30.8 Å². The molecule has 2 aromatic rings. The first kappa shape index (κ1) is 18.6. The molecule has 28 heavy (non-hydrogen) atoms. The Balaban J connectivity index is 1.87.